The Labute approximate surface area is 108 Å². The molecule has 4 atom stereocenters. The minimum Gasteiger partial charge on any atom is -0.323 e. The maximum absolute atomic E-state index is 12.7. The van der Waals surface area contributed by atoms with Crippen molar-refractivity contribution in [3.05, 3.63) is 0 Å². The quantitative estimate of drug-likeness (QED) is 0.775. The molecular formula is C10H22O6P2. The Bertz CT molecular complexity index is 419. The van der Waals surface area contributed by atoms with Crippen LogP contribution in [0.4, 0.5) is 0 Å². The first-order valence-electron chi connectivity index (χ1n) is 5.92. The van der Waals surface area contributed by atoms with Gasteiger partial charge in [-0.3, -0.25) is 13.7 Å². The molecule has 1 aliphatic heterocycles. The van der Waals surface area contributed by atoms with Gasteiger partial charge in [0.2, 0.25) is 0 Å². The van der Waals surface area contributed by atoms with Gasteiger partial charge >= 0.3 is 15.2 Å². The molecule has 18 heavy (non-hydrogen) atoms. The van der Waals surface area contributed by atoms with Crippen LogP contribution < -0.4 is 0 Å². The molecule has 108 valence electrons. The van der Waals surface area contributed by atoms with Crippen molar-refractivity contribution >= 4 is 15.2 Å². The third-order valence-corrected chi connectivity index (χ3v) is 9.04. The highest BCUT2D eigenvalue weighted by atomic mass is 31.2. The van der Waals surface area contributed by atoms with Gasteiger partial charge in [0.25, 0.3) is 0 Å². The summed E-state index contributed by atoms with van der Waals surface area (Å²) < 4.78 is 34.6. The largest absolute Gasteiger partial charge is 0.355 e. The molecule has 0 aromatic rings. The predicted molar refractivity (Wildman–Crippen MR) is 68.6 cm³/mol. The molecule has 1 saturated heterocycles. The predicted octanol–water partition coefficient (Wildman–Crippen LogP) is 2.94. The second kappa shape index (κ2) is 4.69. The summed E-state index contributed by atoms with van der Waals surface area (Å²) in [6.45, 7) is 7.06. The molecule has 2 N–H and O–H groups in total. The Kier molecular flexibility index (Phi) is 4.26. The van der Waals surface area contributed by atoms with E-state index in [1.807, 2.05) is 13.8 Å². The summed E-state index contributed by atoms with van der Waals surface area (Å²) in [7, 11) is -6.81. The molecule has 4 unspecified atom stereocenters. The molecule has 1 heterocycles. The molecule has 1 aliphatic rings. The second-order valence-corrected chi connectivity index (χ2v) is 9.33. The van der Waals surface area contributed by atoms with Crippen molar-refractivity contribution in [2.24, 2.45) is 5.41 Å². The van der Waals surface area contributed by atoms with Crippen LogP contribution in [0.1, 0.15) is 40.5 Å². The fraction of sp³-hybridized carbons (Fsp3) is 1.00. The van der Waals surface area contributed by atoms with E-state index in [2.05, 4.69) is 0 Å². The minimum absolute atomic E-state index is 0.445. The minimum atomic E-state index is -4.51. The highest BCUT2D eigenvalue weighted by molar-refractivity contribution is 7.58. The molecule has 0 aliphatic carbocycles. The molecule has 1 rings (SSSR count). The maximum atomic E-state index is 12.7. The van der Waals surface area contributed by atoms with Crippen LogP contribution in [0.2, 0.25) is 0 Å². The van der Waals surface area contributed by atoms with E-state index in [0.29, 0.717) is 12.8 Å². The zero-order valence-corrected chi connectivity index (χ0v) is 13.2. The van der Waals surface area contributed by atoms with Crippen molar-refractivity contribution in [1.82, 2.24) is 0 Å². The zero-order chi connectivity index (χ0) is 14.4. The average molecular weight is 300 g/mol. The van der Waals surface area contributed by atoms with E-state index in [0.717, 1.165) is 0 Å². The molecular weight excluding hydrogens is 278 g/mol. The number of hydrogen-bond donors (Lipinski definition) is 2. The van der Waals surface area contributed by atoms with Gasteiger partial charge in [0.05, 0.1) is 5.16 Å². The van der Waals surface area contributed by atoms with Crippen molar-refractivity contribution in [3.8, 4) is 0 Å². The molecule has 0 saturated carbocycles. The second-order valence-electron chi connectivity index (χ2n) is 5.13. The summed E-state index contributed by atoms with van der Waals surface area (Å²) >= 11 is 0. The molecule has 0 aromatic carbocycles. The van der Waals surface area contributed by atoms with E-state index in [1.165, 1.54) is 7.11 Å². The van der Waals surface area contributed by atoms with E-state index in [4.69, 9.17) is 9.05 Å². The lowest BCUT2D eigenvalue weighted by Gasteiger charge is -2.41. The Hall–Kier alpha value is 0.300. The SMILES string of the molecule is CCC1(C)C(P(=O)(O)O)OP(=O)(OC)C1(C)CC. The molecule has 0 amide bonds. The van der Waals surface area contributed by atoms with Crippen LogP contribution >= 0.6 is 15.2 Å². The lowest BCUT2D eigenvalue weighted by atomic mass is 9.74. The van der Waals surface area contributed by atoms with Gasteiger partial charge in [-0.05, 0) is 19.8 Å². The molecule has 8 heteroatoms. The Morgan fingerprint density at radius 1 is 1.33 bits per heavy atom. The monoisotopic (exact) mass is 300 g/mol. The van der Waals surface area contributed by atoms with E-state index >= 15 is 0 Å². The standard InChI is InChI=1S/C10H22O6P2/c1-6-9(3)8(17(11,12)13)16-18(14,15-5)10(9,4)7-2/h8H,6-7H2,1-5H3,(H2,11,12,13). The van der Waals surface area contributed by atoms with Crippen LogP contribution in [0.3, 0.4) is 0 Å². The lowest BCUT2D eigenvalue weighted by molar-refractivity contribution is 0.111. The average Bonchev–Trinajstić information content (AvgIpc) is 2.49. The first kappa shape index (κ1) is 16.4. The van der Waals surface area contributed by atoms with E-state index in [-0.39, 0.29) is 0 Å². The van der Waals surface area contributed by atoms with Crippen molar-refractivity contribution < 1.29 is 28.0 Å². The van der Waals surface area contributed by atoms with Crippen molar-refractivity contribution in [2.45, 2.75) is 51.5 Å². The molecule has 1 fully saturated rings. The number of rotatable bonds is 4. The van der Waals surface area contributed by atoms with Gasteiger partial charge < -0.3 is 14.3 Å². The first-order valence-corrected chi connectivity index (χ1v) is 9.14. The van der Waals surface area contributed by atoms with Crippen LogP contribution in [-0.4, -0.2) is 27.9 Å². The van der Waals surface area contributed by atoms with Crippen molar-refractivity contribution in [3.63, 3.8) is 0 Å². The topological polar surface area (TPSA) is 93.1 Å². The van der Waals surface area contributed by atoms with Gasteiger partial charge in [0.15, 0.2) is 5.85 Å². The fourth-order valence-electron chi connectivity index (χ4n) is 2.77. The summed E-state index contributed by atoms with van der Waals surface area (Å²) in [4.78, 5) is 18.9. The van der Waals surface area contributed by atoms with Crippen molar-refractivity contribution in [1.29, 1.82) is 0 Å². The molecule has 0 radical (unpaired) electrons. The molecule has 0 spiro atoms. The van der Waals surface area contributed by atoms with Gasteiger partial charge in [-0.25, -0.2) is 0 Å². The van der Waals surface area contributed by atoms with E-state index < -0.39 is 31.6 Å². The summed E-state index contributed by atoms with van der Waals surface area (Å²) in [6.07, 6.45) is 0.902. The Morgan fingerprint density at radius 2 is 1.83 bits per heavy atom. The normalized spacial score (nSPS) is 45.4. The van der Waals surface area contributed by atoms with Crippen LogP contribution in [0, 0.1) is 5.41 Å². The summed E-state index contributed by atoms with van der Waals surface area (Å²) in [6, 6.07) is 0. The van der Waals surface area contributed by atoms with Crippen LogP contribution in [0.5, 0.6) is 0 Å². The Balaban J connectivity index is 3.49. The maximum Gasteiger partial charge on any atom is 0.355 e. The summed E-state index contributed by atoms with van der Waals surface area (Å²) in [5.41, 5.74) is -0.897. The highest BCUT2D eigenvalue weighted by Gasteiger charge is 2.70. The van der Waals surface area contributed by atoms with Gasteiger partial charge in [-0.15, -0.1) is 0 Å². The van der Waals surface area contributed by atoms with Crippen LogP contribution in [0.15, 0.2) is 0 Å². The van der Waals surface area contributed by atoms with E-state index in [1.54, 1.807) is 13.8 Å². The summed E-state index contributed by atoms with van der Waals surface area (Å²) in [5.74, 6) is -1.38. The lowest BCUT2D eigenvalue weighted by Crippen LogP contribution is -2.43. The van der Waals surface area contributed by atoms with Gasteiger partial charge in [0.1, 0.15) is 0 Å². The van der Waals surface area contributed by atoms with Crippen molar-refractivity contribution in [2.75, 3.05) is 7.11 Å². The smallest absolute Gasteiger partial charge is 0.323 e. The van der Waals surface area contributed by atoms with Crippen LogP contribution in [-0.2, 0) is 18.2 Å². The molecule has 0 bridgehead atoms. The van der Waals surface area contributed by atoms with Gasteiger partial charge in [-0.2, -0.15) is 0 Å². The van der Waals surface area contributed by atoms with Gasteiger partial charge in [-0.1, -0.05) is 20.8 Å². The fourth-order valence-corrected chi connectivity index (χ4v) is 7.45. The third-order valence-electron chi connectivity index (χ3n) is 4.59. The number of hydrogen-bond acceptors (Lipinski definition) is 4. The highest BCUT2D eigenvalue weighted by Crippen LogP contribution is 2.79. The van der Waals surface area contributed by atoms with Crippen LogP contribution in [0.25, 0.3) is 0 Å². The third kappa shape index (κ3) is 1.94. The van der Waals surface area contributed by atoms with E-state index in [9.17, 15) is 18.9 Å². The first-order chi connectivity index (χ1) is 8.02. The Morgan fingerprint density at radius 3 is 2.11 bits per heavy atom. The molecule has 6 nitrogen and oxygen atoms in total. The van der Waals surface area contributed by atoms with Gasteiger partial charge in [0, 0.05) is 12.5 Å². The zero-order valence-electron chi connectivity index (χ0n) is 11.4. The summed E-state index contributed by atoms with van der Waals surface area (Å²) in [5, 5.41) is -0.907. The molecule has 0 aromatic heterocycles.